The number of benzene rings is 1. The molecule has 1 aromatic carbocycles. The van der Waals surface area contributed by atoms with Crippen molar-refractivity contribution in [3.05, 3.63) is 29.8 Å². The highest BCUT2D eigenvalue weighted by molar-refractivity contribution is 7.89. The number of nitrogens with one attached hydrogen (secondary N) is 2. The zero-order chi connectivity index (χ0) is 20.2. The third-order valence-electron chi connectivity index (χ3n) is 4.51. The summed E-state index contributed by atoms with van der Waals surface area (Å²) in [6.45, 7) is 3.75. The third kappa shape index (κ3) is 6.18. The van der Waals surface area contributed by atoms with Gasteiger partial charge >= 0.3 is 6.18 Å². The van der Waals surface area contributed by atoms with E-state index in [1.165, 1.54) is 4.31 Å². The minimum atomic E-state index is -4.44. The number of amides is 1. The maximum atomic E-state index is 12.7. The van der Waals surface area contributed by atoms with Crippen LogP contribution in [0.5, 0.6) is 0 Å². The molecule has 1 aliphatic heterocycles. The van der Waals surface area contributed by atoms with Crippen LogP contribution in [0.3, 0.4) is 0 Å². The van der Waals surface area contributed by atoms with Crippen molar-refractivity contribution >= 4 is 15.9 Å². The Morgan fingerprint density at radius 1 is 1.19 bits per heavy atom. The first-order valence-electron chi connectivity index (χ1n) is 8.76. The number of halogens is 3. The average Bonchev–Trinajstić information content (AvgIpc) is 2.60. The van der Waals surface area contributed by atoms with E-state index in [1.54, 1.807) is 24.3 Å². The van der Waals surface area contributed by atoms with Crippen LogP contribution in [0.2, 0.25) is 0 Å². The summed E-state index contributed by atoms with van der Waals surface area (Å²) in [5, 5.41) is 1.83. The summed E-state index contributed by atoms with van der Waals surface area (Å²) in [6.07, 6.45) is -4.44. The van der Waals surface area contributed by atoms with E-state index in [0.717, 1.165) is 10.5 Å². The lowest BCUT2D eigenvalue weighted by molar-refractivity contribution is -0.895. The summed E-state index contributed by atoms with van der Waals surface area (Å²) in [7, 11) is -3.62. The summed E-state index contributed by atoms with van der Waals surface area (Å²) < 4.78 is 63.1. The molecule has 0 radical (unpaired) electrons. The van der Waals surface area contributed by atoms with Gasteiger partial charge in [-0.25, -0.2) is 8.42 Å². The lowest BCUT2D eigenvalue weighted by Crippen LogP contribution is -3.15. The Hall–Kier alpha value is -1.65. The fourth-order valence-corrected chi connectivity index (χ4v) is 4.32. The van der Waals surface area contributed by atoms with E-state index < -0.39 is 28.7 Å². The van der Waals surface area contributed by atoms with Gasteiger partial charge in [-0.05, 0) is 23.6 Å². The van der Waals surface area contributed by atoms with Crippen LogP contribution in [0.1, 0.15) is 25.3 Å². The molecule has 0 unspecified atom stereocenters. The quantitative estimate of drug-likeness (QED) is 0.715. The Kier molecular flexibility index (Phi) is 6.87. The Labute approximate surface area is 157 Å². The van der Waals surface area contributed by atoms with E-state index in [0.29, 0.717) is 19.0 Å². The highest BCUT2D eigenvalue weighted by atomic mass is 32.2. The average molecular weight is 408 g/mol. The maximum absolute atomic E-state index is 12.7. The number of hydrogen-bond donors (Lipinski definition) is 2. The molecule has 1 saturated heterocycles. The highest BCUT2D eigenvalue weighted by Crippen LogP contribution is 2.20. The fraction of sp³-hybridized carbons (Fsp3) is 0.588. The van der Waals surface area contributed by atoms with Crippen LogP contribution in [-0.4, -0.2) is 64.1 Å². The van der Waals surface area contributed by atoms with E-state index in [4.69, 9.17) is 0 Å². The molecule has 152 valence electrons. The number of piperazine rings is 1. The molecule has 0 spiro atoms. The molecule has 2 rings (SSSR count). The van der Waals surface area contributed by atoms with Gasteiger partial charge in [0, 0.05) is 0 Å². The topological polar surface area (TPSA) is 70.9 Å². The van der Waals surface area contributed by atoms with Crippen LogP contribution in [0.15, 0.2) is 29.2 Å². The lowest BCUT2D eigenvalue weighted by atomic mass is 10.0. The molecule has 0 bridgehead atoms. The minimum absolute atomic E-state index is 0.104. The molecule has 0 aliphatic carbocycles. The molecule has 1 amide bonds. The van der Waals surface area contributed by atoms with Crippen LogP contribution in [0.4, 0.5) is 13.2 Å². The van der Waals surface area contributed by atoms with Gasteiger partial charge in [-0.3, -0.25) is 4.79 Å². The number of carbonyl (C=O) groups excluding carboxylic acids is 1. The van der Waals surface area contributed by atoms with Crippen LogP contribution in [-0.2, 0) is 14.8 Å². The predicted octanol–water partition coefficient (Wildman–Crippen LogP) is 0.378. The summed E-state index contributed by atoms with van der Waals surface area (Å²) >= 11 is 0. The van der Waals surface area contributed by atoms with Gasteiger partial charge in [0.15, 0.2) is 6.54 Å². The minimum Gasteiger partial charge on any atom is -0.342 e. The molecule has 1 aromatic rings. The van der Waals surface area contributed by atoms with Gasteiger partial charge in [0.05, 0.1) is 31.1 Å². The third-order valence-corrected chi connectivity index (χ3v) is 6.42. The van der Waals surface area contributed by atoms with Gasteiger partial charge in [-0.1, -0.05) is 26.0 Å². The standard InChI is InChI=1S/C17H24F3N3O3S/c1-13(2)14-3-5-15(6-4-14)27(25,26)23-9-7-22(8-10-23)11-16(24)21-12-17(18,19)20/h3-6,13H,7-12H2,1-2H3,(H,21,24)/p+1. The van der Waals surface area contributed by atoms with E-state index in [-0.39, 0.29) is 24.5 Å². The van der Waals surface area contributed by atoms with Crippen molar-refractivity contribution in [3.8, 4) is 0 Å². The monoisotopic (exact) mass is 408 g/mol. The van der Waals surface area contributed by atoms with E-state index in [9.17, 15) is 26.4 Å². The number of nitrogens with zero attached hydrogens (tertiary/aromatic N) is 1. The number of hydrogen-bond acceptors (Lipinski definition) is 3. The molecule has 6 nitrogen and oxygen atoms in total. The summed E-state index contributed by atoms with van der Waals surface area (Å²) in [4.78, 5) is 12.6. The first-order chi connectivity index (χ1) is 12.5. The smallest absolute Gasteiger partial charge is 0.342 e. The second kappa shape index (κ2) is 8.57. The molecule has 1 fully saturated rings. The van der Waals surface area contributed by atoms with E-state index in [1.807, 2.05) is 19.2 Å². The molecule has 1 aliphatic rings. The van der Waals surface area contributed by atoms with Gasteiger partial charge in [0.25, 0.3) is 5.91 Å². The lowest BCUT2D eigenvalue weighted by Gasteiger charge is -2.31. The van der Waals surface area contributed by atoms with E-state index >= 15 is 0 Å². The fourth-order valence-electron chi connectivity index (χ4n) is 2.88. The van der Waals surface area contributed by atoms with Crippen molar-refractivity contribution in [1.29, 1.82) is 0 Å². The molecule has 0 atom stereocenters. The zero-order valence-electron chi connectivity index (χ0n) is 15.3. The summed E-state index contributed by atoms with van der Waals surface area (Å²) in [6, 6.07) is 6.77. The van der Waals surface area contributed by atoms with Gasteiger partial charge in [0.1, 0.15) is 6.54 Å². The van der Waals surface area contributed by atoms with E-state index in [2.05, 4.69) is 0 Å². The molecule has 27 heavy (non-hydrogen) atoms. The molecule has 2 N–H and O–H groups in total. The summed E-state index contributed by atoms with van der Waals surface area (Å²) in [5.41, 5.74) is 1.05. The van der Waals surface area contributed by atoms with Crippen molar-refractivity contribution in [2.45, 2.75) is 30.8 Å². The SMILES string of the molecule is CC(C)c1ccc(S(=O)(=O)N2CC[NH+](CC(=O)NCC(F)(F)F)CC2)cc1. The molecule has 10 heteroatoms. The zero-order valence-corrected chi connectivity index (χ0v) is 16.2. The Balaban J connectivity index is 1.89. The molecule has 0 aromatic heterocycles. The predicted molar refractivity (Wildman–Crippen MR) is 93.9 cm³/mol. The van der Waals surface area contributed by atoms with Gasteiger partial charge < -0.3 is 10.2 Å². The Morgan fingerprint density at radius 3 is 2.22 bits per heavy atom. The largest absolute Gasteiger partial charge is 0.405 e. The van der Waals surface area contributed by atoms with Crippen molar-refractivity contribution in [2.75, 3.05) is 39.3 Å². The highest BCUT2D eigenvalue weighted by Gasteiger charge is 2.32. The van der Waals surface area contributed by atoms with Crippen LogP contribution >= 0.6 is 0 Å². The van der Waals surface area contributed by atoms with Crippen LogP contribution in [0, 0.1) is 0 Å². The van der Waals surface area contributed by atoms with Crippen LogP contribution < -0.4 is 10.2 Å². The molecular formula is C17H25F3N3O3S+. The molecule has 1 heterocycles. The number of carbonyl (C=O) groups is 1. The Bertz CT molecular complexity index is 741. The van der Waals surface area contributed by atoms with Gasteiger partial charge in [0.2, 0.25) is 10.0 Å². The van der Waals surface area contributed by atoms with Crippen molar-refractivity contribution in [3.63, 3.8) is 0 Å². The first kappa shape index (κ1) is 21.6. The first-order valence-corrected chi connectivity index (χ1v) is 10.2. The molecule has 0 saturated carbocycles. The second-order valence-corrected chi connectivity index (χ2v) is 8.88. The van der Waals surface area contributed by atoms with Crippen molar-refractivity contribution in [1.82, 2.24) is 9.62 Å². The number of alkyl halides is 3. The number of sulfonamides is 1. The molecular weight excluding hydrogens is 383 g/mol. The van der Waals surface area contributed by atoms with Gasteiger partial charge in [-0.2, -0.15) is 17.5 Å². The maximum Gasteiger partial charge on any atom is 0.405 e. The number of rotatable bonds is 6. The van der Waals surface area contributed by atoms with Crippen molar-refractivity contribution in [2.24, 2.45) is 0 Å². The summed E-state index contributed by atoms with van der Waals surface area (Å²) in [5.74, 6) is -0.389. The Morgan fingerprint density at radius 2 is 1.74 bits per heavy atom. The van der Waals surface area contributed by atoms with Crippen LogP contribution in [0.25, 0.3) is 0 Å². The van der Waals surface area contributed by atoms with Crippen molar-refractivity contribution < 1.29 is 31.3 Å². The normalized spacial score (nSPS) is 17.3. The van der Waals surface area contributed by atoms with Gasteiger partial charge in [-0.15, -0.1) is 0 Å². The number of quaternary nitrogens is 1. The second-order valence-electron chi connectivity index (χ2n) is 6.95.